The smallest absolute Gasteiger partial charge is 0.320 e. The van der Waals surface area contributed by atoms with E-state index in [0.717, 1.165) is 5.69 Å². The molecule has 1 aromatic heterocycles. The normalized spacial score (nSPS) is 22.5. The van der Waals surface area contributed by atoms with Crippen molar-refractivity contribution in [3.63, 3.8) is 0 Å². The van der Waals surface area contributed by atoms with Crippen LogP contribution in [0.1, 0.15) is 12.6 Å². The molecule has 0 bridgehead atoms. The van der Waals surface area contributed by atoms with Gasteiger partial charge in [-0.25, -0.2) is 9.78 Å². The summed E-state index contributed by atoms with van der Waals surface area (Å²) in [6, 6.07) is -0.136. The quantitative estimate of drug-likeness (QED) is 0.908. The van der Waals surface area contributed by atoms with Crippen LogP contribution in [0, 0.1) is 11.8 Å². The number of urea groups is 1. The van der Waals surface area contributed by atoms with Gasteiger partial charge in [0.15, 0.2) is 0 Å². The van der Waals surface area contributed by atoms with Crippen molar-refractivity contribution in [3.05, 3.63) is 16.6 Å². The number of hydrogen-bond acceptors (Lipinski definition) is 4. The van der Waals surface area contributed by atoms with Crippen LogP contribution < -0.4 is 0 Å². The predicted molar refractivity (Wildman–Crippen MR) is 70.8 cm³/mol. The van der Waals surface area contributed by atoms with E-state index in [1.807, 2.05) is 12.3 Å². The van der Waals surface area contributed by atoms with E-state index in [4.69, 9.17) is 5.11 Å². The van der Waals surface area contributed by atoms with Crippen LogP contribution in [-0.4, -0.2) is 52.0 Å². The highest BCUT2D eigenvalue weighted by atomic mass is 32.1. The molecule has 7 heteroatoms. The zero-order valence-corrected chi connectivity index (χ0v) is 11.8. The van der Waals surface area contributed by atoms with Crippen molar-refractivity contribution in [1.82, 2.24) is 14.8 Å². The van der Waals surface area contributed by atoms with E-state index in [0.29, 0.717) is 13.1 Å². The number of rotatable bonds is 3. The molecule has 0 radical (unpaired) electrons. The van der Waals surface area contributed by atoms with E-state index < -0.39 is 11.9 Å². The average Bonchev–Trinajstić information content (AvgIpc) is 2.97. The highest BCUT2D eigenvalue weighted by Crippen LogP contribution is 2.24. The van der Waals surface area contributed by atoms with Gasteiger partial charge in [0.1, 0.15) is 0 Å². The van der Waals surface area contributed by atoms with Gasteiger partial charge in [-0.05, 0) is 5.92 Å². The third-order valence-corrected chi connectivity index (χ3v) is 4.04. The predicted octanol–water partition coefficient (Wildman–Crippen LogP) is 1.35. The maximum Gasteiger partial charge on any atom is 0.320 e. The van der Waals surface area contributed by atoms with Gasteiger partial charge in [-0.15, -0.1) is 11.3 Å². The number of nitrogens with zero attached hydrogens (tertiary/aromatic N) is 3. The molecule has 6 nitrogen and oxygen atoms in total. The van der Waals surface area contributed by atoms with E-state index in [2.05, 4.69) is 4.98 Å². The molecule has 2 heterocycles. The van der Waals surface area contributed by atoms with Crippen LogP contribution in [0.3, 0.4) is 0 Å². The van der Waals surface area contributed by atoms with Gasteiger partial charge in [0.2, 0.25) is 0 Å². The summed E-state index contributed by atoms with van der Waals surface area (Å²) in [7, 11) is 1.71. The summed E-state index contributed by atoms with van der Waals surface area (Å²) in [6.45, 7) is 3.10. The minimum absolute atomic E-state index is 0.00544. The number of carbonyl (C=O) groups is 2. The lowest BCUT2D eigenvalue weighted by Crippen LogP contribution is -2.40. The molecule has 0 unspecified atom stereocenters. The lowest BCUT2D eigenvalue weighted by molar-refractivity contribution is -0.142. The molecule has 0 spiro atoms. The molecule has 19 heavy (non-hydrogen) atoms. The Kier molecular flexibility index (Phi) is 4.04. The van der Waals surface area contributed by atoms with Crippen molar-refractivity contribution in [2.75, 3.05) is 20.1 Å². The van der Waals surface area contributed by atoms with Gasteiger partial charge in [0.05, 0.1) is 23.7 Å². The summed E-state index contributed by atoms with van der Waals surface area (Å²) in [4.78, 5) is 30.6. The van der Waals surface area contributed by atoms with Gasteiger partial charge in [0, 0.05) is 25.5 Å². The van der Waals surface area contributed by atoms with Crippen molar-refractivity contribution < 1.29 is 14.7 Å². The van der Waals surface area contributed by atoms with Crippen LogP contribution in [0.5, 0.6) is 0 Å². The lowest BCUT2D eigenvalue weighted by Gasteiger charge is -2.24. The summed E-state index contributed by atoms with van der Waals surface area (Å²) in [5, 5.41) is 11.0. The number of aliphatic carboxylic acids is 1. The molecule has 1 saturated heterocycles. The molecule has 2 amide bonds. The van der Waals surface area contributed by atoms with Gasteiger partial charge in [-0.3, -0.25) is 4.79 Å². The minimum Gasteiger partial charge on any atom is -0.481 e. The Hall–Kier alpha value is -1.63. The van der Waals surface area contributed by atoms with Gasteiger partial charge >= 0.3 is 12.0 Å². The van der Waals surface area contributed by atoms with Crippen LogP contribution in [0.4, 0.5) is 4.79 Å². The SMILES string of the molecule is C[C@@H]1CN(C(=O)N(C)Cc2cscn2)C[C@H]1C(=O)O. The molecule has 2 rings (SSSR count). The monoisotopic (exact) mass is 283 g/mol. The number of carboxylic acid groups (broad SMARTS) is 1. The Morgan fingerprint density at radius 3 is 2.84 bits per heavy atom. The van der Waals surface area contributed by atoms with Crippen molar-refractivity contribution in [2.24, 2.45) is 11.8 Å². The van der Waals surface area contributed by atoms with Gasteiger partial charge in [0.25, 0.3) is 0 Å². The Morgan fingerprint density at radius 1 is 1.58 bits per heavy atom. The second kappa shape index (κ2) is 5.56. The molecule has 1 aromatic rings. The summed E-state index contributed by atoms with van der Waals surface area (Å²) < 4.78 is 0. The third kappa shape index (κ3) is 3.04. The van der Waals surface area contributed by atoms with Crippen LogP contribution in [0.2, 0.25) is 0 Å². The van der Waals surface area contributed by atoms with Crippen LogP contribution in [0.15, 0.2) is 10.9 Å². The first-order valence-electron chi connectivity index (χ1n) is 6.09. The molecule has 0 aromatic carbocycles. The summed E-state index contributed by atoms with van der Waals surface area (Å²) in [5.74, 6) is -1.30. The average molecular weight is 283 g/mol. The number of amides is 2. The van der Waals surface area contributed by atoms with E-state index >= 15 is 0 Å². The van der Waals surface area contributed by atoms with Gasteiger partial charge in [-0.2, -0.15) is 0 Å². The van der Waals surface area contributed by atoms with Crippen LogP contribution in [0.25, 0.3) is 0 Å². The molecular weight excluding hydrogens is 266 g/mol. The molecule has 1 aliphatic heterocycles. The second-order valence-electron chi connectivity index (χ2n) is 4.95. The Bertz CT molecular complexity index is 463. The number of hydrogen-bond donors (Lipinski definition) is 1. The number of likely N-dealkylation sites (tertiary alicyclic amines) is 1. The standard InChI is InChI=1S/C12H17N3O3S/c1-8-3-15(5-10(8)11(16)17)12(18)14(2)4-9-6-19-7-13-9/h6-8,10H,3-5H2,1-2H3,(H,16,17)/t8-,10-/m1/s1. The third-order valence-electron chi connectivity index (χ3n) is 3.41. The zero-order valence-electron chi connectivity index (χ0n) is 10.9. The zero-order chi connectivity index (χ0) is 14.0. The van der Waals surface area contributed by atoms with Crippen LogP contribution >= 0.6 is 11.3 Å². The molecule has 0 saturated carbocycles. The maximum absolute atomic E-state index is 12.2. The van der Waals surface area contributed by atoms with Crippen LogP contribution in [-0.2, 0) is 11.3 Å². The maximum atomic E-state index is 12.2. The van der Waals surface area contributed by atoms with E-state index in [1.165, 1.54) is 11.3 Å². The number of thiazole rings is 1. The highest BCUT2D eigenvalue weighted by Gasteiger charge is 2.37. The van der Waals surface area contributed by atoms with Crippen molar-refractivity contribution in [1.29, 1.82) is 0 Å². The van der Waals surface area contributed by atoms with Crippen molar-refractivity contribution in [3.8, 4) is 0 Å². The van der Waals surface area contributed by atoms with Gasteiger partial charge in [-0.1, -0.05) is 6.92 Å². The van der Waals surface area contributed by atoms with Crippen molar-refractivity contribution >= 4 is 23.3 Å². The molecule has 1 N–H and O–H groups in total. The first kappa shape index (κ1) is 13.8. The number of carbonyl (C=O) groups excluding carboxylic acids is 1. The summed E-state index contributed by atoms with van der Waals surface area (Å²) in [5.41, 5.74) is 2.58. The fourth-order valence-electron chi connectivity index (χ4n) is 2.31. The summed E-state index contributed by atoms with van der Waals surface area (Å²) in [6.07, 6.45) is 0. The second-order valence-corrected chi connectivity index (χ2v) is 5.66. The Morgan fingerprint density at radius 2 is 2.32 bits per heavy atom. The summed E-state index contributed by atoms with van der Waals surface area (Å²) >= 11 is 1.49. The molecule has 1 aliphatic rings. The van der Waals surface area contributed by atoms with E-state index in [-0.39, 0.29) is 18.5 Å². The van der Waals surface area contributed by atoms with E-state index in [9.17, 15) is 9.59 Å². The Labute approximate surface area is 115 Å². The molecular formula is C12H17N3O3S. The molecule has 2 atom stereocenters. The number of aromatic nitrogens is 1. The fourth-order valence-corrected chi connectivity index (χ4v) is 2.86. The van der Waals surface area contributed by atoms with Crippen molar-refractivity contribution in [2.45, 2.75) is 13.5 Å². The molecule has 1 fully saturated rings. The van der Waals surface area contributed by atoms with Gasteiger partial charge < -0.3 is 14.9 Å². The lowest BCUT2D eigenvalue weighted by atomic mass is 9.99. The van der Waals surface area contributed by atoms with E-state index in [1.54, 1.807) is 22.4 Å². The topological polar surface area (TPSA) is 73.7 Å². The first-order chi connectivity index (χ1) is 8.99. The highest BCUT2D eigenvalue weighted by molar-refractivity contribution is 7.07. The molecule has 0 aliphatic carbocycles. The number of carboxylic acids is 1. The largest absolute Gasteiger partial charge is 0.481 e. The minimum atomic E-state index is -0.829. The molecule has 104 valence electrons. The fraction of sp³-hybridized carbons (Fsp3) is 0.583. The Balaban J connectivity index is 1.95. The first-order valence-corrected chi connectivity index (χ1v) is 7.03.